The number of halogens is 1. The Hall–Kier alpha value is -0.900. The number of pyridine rings is 1. The molecule has 88 valence electrons. The van der Waals surface area contributed by atoms with E-state index in [-0.39, 0.29) is 5.91 Å². The van der Waals surface area contributed by atoms with Crippen LogP contribution in [0.1, 0.15) is 31.1 Å². The molecule has 1 heterocycles. The highest BCUT2D eigenvalue weighted by Gasteiger charge is 2.17. The summed E-state index contributed by atoms with van der Waals surface area (Å²) >= 11 is 3.30. The quantitative estimate of drug-likeness (QED) is 0.797. The Morgan fingerprint density at radius 2 is 2.25 bits per heavy atom. The third-order valence-electron chi connectivity index (χ3n) is 2.24. The zero-order valence-corrected chi connectivity index (χ0v) is 11.5. The SMILES string of the molecule is CCN(CC(C)C)C(=O)c1cccnc1Br. The smallest absolute Gasteiger partial charge is 0.256 e. The summed E-state index contributed by atoms with van der Waals surface area (Å²) in [5.41, 5.74) is 0.630. The molecule has 0 saturated heterocycles. The zero-order chi connectivity index (χ0) is 12.1. The Bertz CT molecular complexity index is 366. The Morgan fingerprint density at radius 3 is 2.75 bits per heavy atom. The van der Waals surface area contributed by atoms with Gasteiger partial charge in [0, 0.05) is 19.3 Å². The van der Waals surface area contributed by atoms with Crippen molar-refractivity contribution in [3.63, 3.8) is 0 Å². The van der Waals surface area contributed by atoms with Crippen molar-refractivity contribution in [1.29, 1.82) is 0 Å². The van der Waals surface area contributed by atoms with Gasteiger partial charge in [-0.05, 0) is 40.9 Å². The van der Waals surface area contributed by atoms with Gasteiger partial charge in [0.15, 0.2) is 0 Å². The first-order chi connectivity index (χ1) is 7.56. The van der Waals surface area contributed by atoms with Crippen molar-refractivity contribution in [3.05, 3.63) is 28.5 Å². The van der Waals surface area contributed by atoms with Gasteiger partial charge in [0.25, 0.3) is 5.91 Å². The van der Waals surface area contributed by atoms with Gasteiger partial charge in [-0.1, -0.05) is 13.8 Å². The molecular weight excluding hydrogens is 268 g/mol. The number of hydrogen-bond donors (Lipinski definition) is 0. The Kier molecular flexibility index (Phi) is 4.93. The fourth-order valence-corrected chi connectivity index (χ4v) is 1.93. The lowest BCUT2D eigenvalue weighted by Crippen LogP contribution is -2.34. The molecule has 0 bridgehead atoms. The van der Waals surface area contributed by atoms with Crippen LogP contribution in [0.4, 0.5) is 0 Å². The molecule has 0 unspecified atom stereocenters. The molecule has 0 N–H and O–H groups in total. The van der Waals surface area contributed by atoms with E-state index >= 15 is 0 Å². The summed E-state index contributed by atoms with van der Waals surface area (Å²) in [4.78, 5) is 18.1. The predicted octanol–water partition coefficient (Wildman–Crippen LogP) is 2.96. The van der Waals surface area contributed by atoms with E-state index in [1.165, 1.54) is 0 Å². The topological polar surface area (TPSA) is 33.2 Å². The number of hydrogen-bond acceptors (Lipinski definition) is 2. The van der Waals surface area contributed by atoms with Crippen LogP contribution < -0.4 is 0 Å². The largest absolute Gasteiger partial charge is 0.339 e. The lowest BCUT2D eigenvalue weighted by atomic mass is 10.2. The van der Waals surface area contributed by atoms with Gasteiger partial charge in [-0.3, -0.25) is 4.79 Å². The molecule has 1 amide bonds. The standard InChI is InChI=1S/C12H17BrN2O/c1-4-15(8-9(2)3)12(16)10-6-5-7-14-11(10)13/h5-7,9H,4,8H2,1-3H3. The van der Waals surface area contributed by atoms with Gasteiger partial charge in [0.2, 0.25) is 0 Å². The Morgan fingerprint density at radius 1 is 1.56 bits per heavy atom. The van der Waals surface area contributed by atoms with Crippen LogP contribution >= 0.6 is 15.9 Å². The van der Waals surface area contributed by atoms with Crippen molar-refractivity contribution < 1.29 is 4.79 Å². The molecule has 0 spiro atoms. The van der Waals surface area contributed by atoms with Crippen molar-refractivity contribution in [1.82, 2.24) is 9.88 Å². The molecule has 16 heavy (non-hydrogen) atoms. The molecule has 1 aromatic rings. The van der Waals surface area contributed by atoms with E-state index in [1.807, 2.05) is 11.8 Å². The van der Waals surface area contributed by atoms with Gasteiger partial charge in [-0.15, -0.1) is 0 Å². The number of nitrogens with zero attached hydrogens (tertiary/aromatic N) is 2. The highest BCUT2D eigenvalue weighted by molar-refractivity contribution is 9.10. The third kappa shape index (κ3) is 3.30. The number of rotatable bonds is 4. The maximum atomic E-state index is 12.2. The van der Waals surface area contributed by atoms with Crippen LogP contribution in [0.5, 0.6) is 0 Å². The Balaban J connectivity index is 2.87. The average molecular weight is 285 g/mol. The summed E-state index contributed by atoms with van der Waals surface area (Å²) in [6.07, 6.45) is 1.67. The van der Waals surface area contributed by atoms with Gasteiger partial charge in [0.1, 0.15) is 4.60 Å². The molecule has 0 aliphatic carbocycles. The first kappa shape index (κ1) is 13.2. The molecule has 0 aliphatic rings. The maximum absolute atomic E-state index is 12.2. The molecule has 0 aromatic carbocycles. The van der Waals surface area contributed by atoms with E-state index in [0.29, 0.717) is 16.1 Å². The summed E-state index contributed by atoms with van der Waals surface area (Å²) in [6, 6.07) is 3.57. The van der Waals surface area contributed by atoms with Crippen LogP contribution in [-0.4, -0.2) is 28.9 Å². The van der Waals surface area contributed by atoms with Crippen LogP contribution in [-0.2, 0) is 0 Å². The summed E-state index contributed by atoms with van der Waals surface area (Å²) < 4.78 is 0.613. The van der Waals surface area contributed by atoms with Gasteiger partial charge < -0.3 is 4.90 Å². The van der Waals surface area contributed by atoms with Crippen molar-refractivity contribution in [2.45, 2.75) is 20.8 Å². The van der Waals surface area contributed by atoms with Crippen LogP contribution in [0.2, 0.25) is 0 Å². The van der Waals surface area contributed by atoms with E-state index in [0.717, 1.165) is 13.1 Å². The highest BCUT2D eigenvalue weighted by atomic mass is 79.9. The summed E-state index contributed by atoms with van der Waals surface area (Å²) in [6.45, 7) is 7.70. The molecule has 4 heteroatoms. The third-order valence-corrected chi connectivity index (χ3v) is 2.88. The zero-order valence-electron chi connectivity index (χ0n) is 9.90. The van der Waals surface area contributed by atoms with E-state index in [1.54, 1.807) is 18.3 Å². The molecule has 0 aliphatic heterocycles. The minimum Gasteiger partial charge on any atom is -0.339 e. The van der Waals surface area contributed by atoms with Crippen molar-refractivity contribution in [2.24, 2.45) is 5.92 Å². The summed E-state index contributed by atoms with van der Waals surface area (Å²) in [5.74, 6) is 0.510. The maximum Gasteiger partial charge on any atom is 0.256 e. The Labute approximate surface area is 105 Å². The first-order valence-electron chi connectivity index (χ1n) is 5.46. The molecule has 0 saturated carbocycles. The highest BCUT2D eigenvalue weighted by Crippen LogP contribution is 2.15. The lowest BCUT2D eigenvalue weighted by molar-refractivity contribution is 0.0744. The molecule has 0 atom stereocenters. The van der Waals surface area contributed by atoms with E-state index < -0.39 is 0 Å². The normalized spacial score (nSPS) is 10.6. The van der Waals surface area contributed by atoms with E-state index in [2.05, 4.69) is 34.8 Å². The van der Waals surface area contributed by atoms with Gasteiger partial charge in [-0.2, -0.15) is 0 Å². The number of amides is 1. The number of carbonyl (C=O) groups excluding carboxylic acids is 1. The van der Waals surface area contributed by atoms with Gasteiger partial charge >= 0.3 is 0 Å². The monoisotopic (exact) mass is 284 g/mol. The molecule has 3 nitrogen and oxygen atoms in total. The van der Waals surface area contributed by atoms with Crippen LogP contribution in [0, 0.1) is 5.92 Å². The number of aromatic nitrogens is 1. The van der Waals surface area contributed by atoms with Crippen molar-refractivity contribution in [2.75, 3.05) is 13.1 Å². The second-order valence-electron chi connectivity index (χ2n) is 4.08. The van der Waals surface area contributed by atoms with Crippen LogP contribution in [0.3, 0.4) is 0 Å². The minimum atomic E-state index is 0.0381. The lowest BCUT2D eigenvalue weighted by Gasteiger charge is -2.23. The van der Waals surface area contributed by atoms with Crippen LogP contribution in [0.15, 0.2) is 22.9 Å². The fraction of sp³-hybridized carbons (Fsp3) is 0.500. The minimum absolute atomic E-state index is 0.0381. The second-order valence-corrected chi connectivity index (χ2v) is 4.83. The fourth-order valence-electron chi connectivity index (χ4n) is 1.51. The first-order valence-corrected chi connectivity index (χ1v) is 6.25. The molecular formula is C12H17BrN2O. The van der Waals surface area contributed by atoms with Crippen LogP contribution in [0.25, 0.3) is 0 Å². The molecule has 0 radical (unpaired) electrons. The van der Waals surface area contributed by atoms with Gasteiger partial charge in [0.05, 0.1) is 5.56 Å². The molecule has 0 fully saturated rings. The summed E-state index contributed by atoms with van der Waals surface area (Å²) in [7, 11) is 0. The van der Waals surface area contributed by atoms with Crippen molar-refractivity contribution >= 4 is 21.8 Å². The number of carbonyl (C=O) groups is 1. The van der Waals surface area contributed by atoms with E-state index in [4.69, 9.17) is 0 Å². The van der Waals surface area contributed by atoms with Gasteiger partial charge in [-0.25, -0.2) is 4.98 Å². The average Bonchev–Trinajstić information content (AvgIpc) is 2.25. The van der Waals surface area contributed by atoms with Crippen molar-refractivity contribution in [3.8, 4) is 0 Å². The summed E-state index contributed by atoms with van der Waals surface area (Å²) in [5, 5.41) is 0. The molecule has 1 aromatic heterocycles. The predicted molar refractivity (Wildman–Crippen MR) is 68.4 cm³/mol. The second kappa shape index (κ2) is 5.99. The molecule has 1 rings (SSSR count). The van der Waals surface area contributed by atoms with E-state index in [9.17, 15) is 4.79 Å².